The Morgan fingerprint density at radius 3 is 2.60 bits per heavy atom. The molecule has 0 spiro atoms. The van der Waals surface area contributed by atoms with E-state index < -0.39 is 0 Å². The third-order valence-corrected chi connectivity index (χ3v) is 4.37. The SMILES string of the molecule is CC1CN(CC(=O)NC(=O)NC2CCCC2)CCC1N. The van der Waals surface area contributed by atoms with Crippen LogP contribution < -0.4 is 16.4 Å². The summed E-state index contributed by atoms with van der Waals surface area (Å²) in [6, 6.07) is 0.0967. The molecule has 0 aromatic heterocycles. The summed E-state index contributed by atoms with van der Waals surface area (Å²) in [6.45, 7) is 4.01. The summed E-state index contributed by atoms with van der Waals surface area (Å²) < 4.78 is 0. The molecule has 114 valence electrons. The minimum absolute atomic E-state index is 0.222. The van der Waals surface area contributed by atoms with Crippen molar-refractivity contribution in [2.75, 3.05) is 19.6 Å². The van der Waals surface area contributed by atoms with E-state index in [9.17, 15) is 9.59 Å². The number of imide groups is 1. The maximum atomic E-state index is 11.8. The van der Waals surface area contributed by atoms with E-state index >= 15 is 0 Å². The van der Waals surface area contributed by atoms with Crippen LogP contribution in [0.1, 0.15) is 39.0 Å². The second-order valence-corrected chi connectivity index (χ2v) is 6.17. The van der Waals surface area contributed by atoms with Crippen molar-refractivity contribution < 1.29 is 9.59 Å². The highest BCUT2D eigenvalue weighted by Gasteiger charge is 2.25. The van der Waals surface area contributed by atoms with Crippen LogP contribution in [0.2, 0.25) is 0 Å². The lowest BCUT2D eigenvalue weighted by Crippen LogP contribution is -2.51. The maximum absolute atomic E-state index is 11.8. The predicted octanol–water partition coefficient (Wildman–Crippen LogP) is 0.424. The van der Waals surface area contributed by atoms with Crippen LogP contribution in [0.4, 0.5) is 4.79 Å². The van der Waals surface area contributed by atoms with E-state index in [1.54, 1.807) is 0 Å². The second kappa shape index (κ2) is 7.04. The van der Waals surface area contributed by atoms with Gasteiger partial charge in [-0.25, -0.2) is 4.79 Å². The van der Waals surface area contributed by atoms with Gasteiger partial charge in [0.05, 0.1) is 6.54 Å². The third kappa shape index (κ3) is 4.45. The monoisotopic (exact) mass is 282 g/mol. The Labute approximate surface area is 120 Å². The zero-order chi connectivity index (χ0) is 14.5. The molecular formula is C14H26N4O2. The molecule has 1 heterocycles. The lowest BCUT2D eigenvalue weighted by molar-refractivity contribution is -0.121. The van der Waals surface area contributed by atoms with E-state index in [0.29, 0.717) is 5.92 Å². The van der Waals surface area contributed by atoms with Gasteiger partial charge in [-0.05, 0) is 25.2 Å². The van der Waals surface area contributed by atoms with Crippen LogP contribution >= 0.6 is 0 Å². The highest BCUT2D eigenvalue weighted by Crippen LogP contribution is 2.17. The average Bonchev–Trinajstić information content (AvgIpc) is 2.86. The van der Waals surface area contributed by atoms with Gasteiger partial charge in [-0.15, -0.1) is 0 Å². The number of piperidine rings is 1. The Bertz CT molecular complexity index is 355. The topological polar surface area (TPSA) is 87.5 Å². The summed E-state index contributed by atoms with van der Waals surface area (Å²) in [5.41, 5.74) is 5.95. The largest absolute Gasteiger partial charge is 0.335 e. The standard InChI is InChI=1S/C14H26N4O2/c1-10-8-18(7-6-12(10)15)9-13(19)17-14(20)16-11-4-2-3-5-11/h10-12H,2-9,15H2,1H3,(H2,16,17,19,20). The van der Waals surface area contributed by atoms with Crippen LogP contribution in [0.5, 0.6) is 0 Å². The van der Waals surface area contributed by atoms with Crippen molar-refractivity contribution in [1.82, 2.24) is 15.5 Å². The van der Waals surface area contributed by atoms with Gasteiger partial charge in [-0.3, -0.25) is 15.0 Å². The fourth-order valence-electron chi connectivity index (χ4n) is 3.05. The first-order valence-electron chi connectivity index (χ1n) is 7.63. The van der Waals surface area contributed by atoms with Gasteiger partial charge in [0, 0.05) is 25.2 Å². The lowest BCUT2D eigenvalue weighted by Gasteiger charge is -2.34. The van der Waals surface area contributed by atoms with Gasteiger partial charge in [-0.1, -0.05) is 19.8 Å². The van der Waals surface area contributed by atoms with Crippen LogP contribution in [-0.2, 0) is 4.79 Å². The Morgan fingerprint density at radius 2 is 1.95 bits per heavy atom. The molecule has 2 unspecified atom stereocenters. The molecule has 2 rings (SSSR count). The van der Waals surface area contributed by atoms with E-state index in [1.807, 2.05) is 0 Å². The number of nitrogens with two attached hydrogens (primary N) is 1. The van der Waals surface area contributed by atoms with Crippen LogP contribution in [0.3, 0.4) is 0 Å². The van der Waals surface area contributed by atoms with Crippen molar-refractivity contribution in [3.63, 3.8) is 0 Å². The number of carbonyl (C=O) groups excluding carboxylic acids is 2. The molecule has 1 saturated heterocycles. The van der Waals surface area contributed by atoms with Gasteiger partial charge in [0.15, 0.2) is 0 Å². The van der Waals surface area contributed by atoms with Gasteiger partial charge in [0.25, 0.3) is 0 Å². The Morgan fingerprint density at radius 1 is 1.25 bits per heavy atom. The first kappa shape index (κ1) is 15.3. The van der Waals surface area contributed by atoms with Crippen molar-refractivity contribution >= 4 is 11.9 Å². The van der Waals surface area contributed by atoms with Crippen molar-refractivity contribution in [2.24, 2.45) is 11.7 Å². The van der Waals surface area contributed by atoms with Gasteiger partial charge in [0.1, 0.15) is 0 Å². The molecular weight excluding hydrogens is 256 g/mol. The zero-order valence-electron chi connectivity index (χ0n) is 12.2. The van der Waals surface area contributed by atoms with E-state index in [2.05, 4.69) is 22.5 Å². The molecule has 0 aromatic rings. The lowest BCUT2D eigenvalue weighted by atomic mass is 9.95. The van der Waals surface area contributed by atoms with E-state index in [4.69, 9.17) is 5.73 Å². The first-order valence-corrected chi connectivity index (χ1v) is 7.63. The second-order valence-electron chi connectivity index (χ2n) is 6.17. The highest BCUT2D eigenvalue weighted by molar-refractivity contribution is 5.95. The molecule has 4 N–H and O–H groups in total. The molecule has 0 radical (unpaired) electrons. The summed E-state index contributed by atoms with van der Waals surface area (Å²) in [4.78, 5) is 25.6. The molecule has 2 fully saturated rings. The maximum Gasteiger partial charge on any atom is 0.321 e. The summed E-state index contributed by atoms with van der Waals surface area (Å²) in [7, 11) is 0. The Hall–Kier alpha value is -1.14. The van der Waals surface area contributed by atoms with Gasteiger partial charge in [0.2, 0.25) is 5.91 Å². The number of nitrogens with one attached hydrogen (secondary N) is 2. The van der Waals surface area contributed by atoms with Crippen molar-refractivity contribution in [2.45, 2.75) is 51.1 Å². The molecule has 1 aliphatic carbocycles. The van der Waals surface area contributed by atoms with Crippen LogP contribution in [0, 0.1) is 5.92 Å². The molecule has 2 aliphatic rings. The number of likely N-dealkylation sites (tertiary alicyclic amines) is 1. The van der Waals surface area contributed by atoms with Crippen LogP contribution in [-0.4, -0.2) is 48.6 Å². The molecule has 6 nitrogen and oxygen atoms in total. The zero-order valence-corrected chi connectivity index (χ0v) is 12.2. The average molecular weight is 282 g/mol. The molecule has 6 heteroatoms. The van der Waals surface area contributed by atoms with Crippen molar-refractivity contribution in [3.05, 3.63) is 0 Å². The number of hydrogen-bond acceptors (Lipinski definition) is 4. The Kier molecular flexibility index (Phi) is 5.37. The van der Waals surface area contributed by atoms with Crippen LogP contribution in [0.15, 0.2) is 0 Å². The number of hydrogen-bond donors (Lipinski definition) is 3. The number of amides is 3. The molecule has 1 aliphatic heterocycles. The molecule has 2 atom stereocenters. The van der Waals surface area contributed by atoms with Crippen molar-refractivity contribution in [1.29, 1.82) is 0 Å². The number of nitrogens with zero attached hydrogens (tertiary/aromatic N) is 1. The molecule has 3 amide bonds. The highest BCUT2D eigenvalue weighted by atomic mass is 16.2. The fraction of sp³-hybridized carbons (Fsp3) is 0.857. The molecule has 1 saturated carbocycles. The summed E-state index contributed by atoms with van der Waals surface area (Å²) >= 11 is 0. The minimum atomic E-state index is -0.358. The first-order chi connectivity index (χ1) is 9.54. The smallest absolute Gasteiger partial charge is 0.321 e. The van der Waals surface area contributed by atoms with E-state index in [1.165, 1.54) is 0 Å². The third-order valence-electron chi connectivity index (χ3n) is 4.37. The van der Waals surface area contributed by atoms with Crippen molar-refractivity contribution in [3.8, 4) is 0 Å². The molecule has 20 heavy (non-hydrogen) atoms. The van der Waals surface area contributed by atoms with Gasteiger partial charge < -0.3 is 11.1 Å². The summed E-state index contributed by atoms with van der Waals surface area (Å²) in [5, 5.41) is 5.27. The van der Waals surface area contributed by atoms with Crippen LogP contribution in [0.25, 0.3) is 0 Å². The Balaban J connectivity index is 1.68. The number of carbonyl (C=O) groups is 2. The minimum Gasteiger partial charge on any atom is -0.335 e. The van der Waals surface area contributed by atoms with Gasteiger partial charge in [-0.2, -0.15) is 0 Å². The van der Waals surface area contributed by atoms with E-state index in [-0.39, 0.29) is 30.6 Å². The van der Waals surface area contributed by atoms with Gasteiger partial charge >= 0.3 is 6.03 Å². The number of rotatable bonds is 3. The summed E-state index contributed by atoms with van der Waals surface area (Å²) in [5.74, 6) is 0.159. The molecule has 0 bridgehead atoms. The van der Waals surface area contributed by atoms with E-state index in [0.717, 1.165) is 45.2 Å². The normalized spacial score (nSPS) is 28.3. The quantitative estimate of drug-likeness (QED) is 0.700. The predicted molar refractivity (Wildman–Crippen MR) is 77.1 cm³/mol. The fourth-order valence-corrected chi connectivity index (χ4v) is 3.05. The summed E-state index contributed by atoms with van der Waals surface area (Å²) in [6.07, 6.45) is 5.25. The number of urea groups is 1. The molecule has 0 aromatic carbocycles.